The summed E-state index contributed by atoms with van der Waals surface area (Å²) in [6, 6.07) is 0. The first-order valence-electron chi connectivity index (χ1n) is 17.2. The Labute approximate surface area is 246 Å². The lowest BCUT2D eigenvalue weighted by Gasteiger charge is -2.27. The molecule has 0 aliphatic heterocycles. The molecule has 0 aromatic heterocycles. The van der Waals surface area contributed by atoms with Crippen molar-refractivity contribution in [2.24, 2.45) is 23.7 Å². The van der Waals surface area contributed by atoms with Gasteiger partial charge in [-0.05, 0) is 95.4 Å². The van der Waals surface area contributed by atoms with E-state index in [2.05, 4.69) is 18.7 Å². The fraction of sp³-hybridized carbons (Fsp3) is 0.941. The summed E-state index contributed by atoms with van der Waals surface area (Å²) in [6.45, 7) is 8.29. The highest BCUT2D eigenvalue weighted by atomic mass is 16.5. The lowest BCUT2D eigenvalue weighted by Crippen LogP contribution is -2.30. The van der Waals surface area contributed by atoms with Gasteiger partial charge < -0.3 is 19.5 Å². The largest absolute Gasteiger partial charge is 0.465 e. The van der Waals surface area contributed by atoms with E-state index in [1.54, 1.807) is 0 Å². The zero-order valence-corrected chi connectivity index (χ0v) is 26.2. The second kappa shape index (κ2) is 22.5. The average Bonchev–Trinajstić information content (AvgIpc) is 2.98. The molecule has 0 amide bonds. The first-order chi connectivity index (χ1) is 19.6. The van der Waals surface area contributed by atoms with E-state index in [9.17, 15) is 14.7 Å². The molecule has 0 saturated heterocycles. The van der Waals surface area contributed by atoms with E-state index >= 15 is 0 Å². The van der Waals surface area contributed by atoms with Crippen molar-refractivity contribution in [2.45, 2.75) is 142 Å². The molecule has 2 aliphatic carbocycles. The molecule has 6 nitrogen and oxygen atoms in total. The Kier molecular flexibility index (Phi) is 19.7. The van der Waals surface area contributed by atoms with Crippen LogP contribution in [-0.2, 0) is 19.1 Å². The van der Waals surface area contributed by atoms with Gasteiger partial charge >= 0.3 is 11.9 Å². The van der Waals surface area contributed by atoms with Crippen LogP contribution in [0.4, 0.5) is 0 Å². The highest BCUT2D eigenvalue weighted by Gasteiger charge is 2.28. The number of hydrogen-bond donors (Lipinski definition) is 1. The third-order valence-corrected chi connectivity index (χ3v) is 9.40. The third-order valence-electron chi connectivity index (χ3n) is 9.40. The number of aliphatic hydroxyl groups excluding tert-OH is 1. The van der Waals surface area contributed by atoms with E-state index in [4.69, 9.17) is 9.47 Å². The molecule has 0 spiro atoms. The Balaban J connectivity index is 1.57. The van der Waals surface area contributed by atoms with Crippen molar-refractivity contribution in [1.82, 2.24) is 4.90 Å². The van der Waals surface area contributed by atoms with Crippen molar-refractivity contribution in [3.8, 4) is 0 Å². The second-order valence-corrected chi connectivity index (χ2v) is 12.7. The predicted molar refractivity (Wildman–Crippen MR) is 163 cm³/mol. The molecule has 2 saturated carbocycles. The number of carbonyl (C=O) groups excluding carboxylic acids is 2. The van der Waals surface area contributed by atoms with Gasteiger partial charge in [0.25, 0.3) is 0 Å². The summed E-state index contributed by atoms with van der Waals surface area (Å²) in [5, 5.41) is 9.18. The fourth-order valence-electron chi connectivity index (χ4n) is 6.68. The number of unbranched alkanes of at least 4 members (excludes halogenated alkanes) is 5. The Morgan fingerprint density at radius 1 is 0.600 bits per heavy atom. The van der Waals surface area contributed by atoms with Gasteiger partial charge in [-0.25, -0.2) is 0 Å². The van der Waals surface area contributed by atoms with E-state index < -0.39 is 0 Å². The molecule has 234 valence electrons. The molecule has 1 N–H and O–H groups in total. The Morgan fingerprint density at radius 3 is 1.43 bits per heavy atom. The first-order valence-corrected chi connectivity index (χ1v) is 17.2. The summed E-state index contributed by atoms with van der Waals surface area (Å²) in [6.07, 6.45) is 22.5. The molecule has 2 fully saturated rings. The van der Waals surface area contributed by atoms with Crippen LogP contribution in [0.5, 0.6) is 0 Å². The summed E-state index contributed by atoms with van der Waals surface area (Å²) in [5.41, 5.74) is 0. The Bertz CT molecular complexity index is 590. The molecule has 0 unspecified atom stereocenters. The van der Waals surface area contributed by atoms with Gasteiger partial charge in [-0.2, -0.15) is 0 Å². The first kappa shape index (κ1) is 35.1. The average molecular weight is 566 g/mol. The van der Waals surface area contributed by atoms with Crippen molar-refractivity contribution in [3.63, 3.8) is 0 Å². The van der Waals surface area contributed by atoms with Crippen molar-refractivity contribution >= 4 is 11.9 Å². The highest BCUT2D eigenvalue weighted by molar-refractivity contribution is 5.72. The van der Waals surface area contributed by atoms with Gasteiger partial charge in [-0.15, -0.1) is 0 Å². The molecule has 0 radical (unpaired) electrons. The number of carbonyl (C=O) groups is 2. The number of hydrogen-bond acceptors (Lipinski definition) is 6. The van der Waals surface area contributed by atoms with E-state index in [1.165, 1.54) is 77.0 Å². The molecule has 0 aromatic rings. The summed E-state index contributed by atoms with van der Waals surface area (Å²) < 4.78 is 11.4. The molecule has 2 rings (SSSR count). The number of esters is 2. The molecule has 40 heavy (non-hydrogen) atoms. The minimum absolute atomic E-state index is 0.000689. The standard InChI is InChI=1S/C34H63NO5/c1-3-5-7-13-29-15-19-31(20-16-29)33(37)39-27-11-24-35(23-9-10-26-36)25-12-28-40-34(38)32-21-17-30(18-22-32)14-8-6-4-2/h29-32,36H,3-28H2,1-2H3. The van der Waals surface area contributed by atoms with Gasteiger partial charge in [0.1, 0.15) is 0 Å². The third kappa shape index (κ3) is 15.2. The van der Waals surface area contributed by atoms with Crippen LogP contribution in [0.15, 0.2) is 0 Å². The molecule has 6 heteroatoms. The molecule has 0 heterocycles. The maximum Gasteiger partial charge on any atom is 0.308 e. The van der Waals surface area contributed by atoms with Crippen molar-refractivity contribution in [1.29, 1.82) is 0 Å². The number of nitrogens with zero attached hydrogens (tertiary/aromatic N) is 1. The molecule has 0 atom stereocenters. The summed E-state index contributed by atoms with van der Waals surface area (Å²) >= 11 is 0. The van der Waals surface area contributed by atoms with E-state index in [1.807, 2.05) is 0 Å². The highest BCUT2D eigenvalue weighted by Crippen LogP contribution is 2.33. The van der Waals surface area contributed by atoms with Gasteiger partial charge in [0, 0.05) is 19.7 Å². The minimum Gasteiger partial charge on any atom is -0.465 e. The number of rotatable bonds is 22. The maximum atomic E-state index is 12.6. The molecular formula is C34H63NO5. The summed E-state index contributed by atoms with van der Waals surface area (Å²) in [7, 11) is 0. The van der Waals surface area contributed by atoms with Crippen LogP contribution >= 0.6 is 0 Å². The van der Waals surface area contributed by atoms with Crippen LogP contribution in [-0.4, -0.2) is 61.4 Å². The monoisotopic (exact) mass is 565 g/mol. The number of aliphatic hydroxyl groups is 1. The van der Waals surface area contributed by atoms with Crippen LogP contribution in [0, 0.1) is 23.7 Å². The van der Waals surface area contributed by atoms with Crippen LogP contribution in [0.1, 0.15) is 142 Å². The van der Waals surface area contributed by atoms with Crippen LogP contribution < -0.4 is 0 Å². The number of ether oxygens (including phenoxy) is 2. The van der Waals surface area contributed by atoms with Crippen molar-refractivity contribution in [3.05, 3.63) is 0 Å². The summed E-state index contributed by atoms with van der Waals surface area (Å²) in [4.78, 5) is 27.5. The normalized spacial score (nSPS) is 23.3. The molecule has 2 aliphatic rings. The minimum atomic E-state index is 0.000689. The van der Waals surface area contributed by atoms with Crippen molar-refractivity contribution < 1.29 is 24.2 Å². The quantitative estimate of drug-likeness (QED) is 0.107. The lowest BCUT2D eigenvalue weighted by molar-refractivity contribution is -0.150. The van der Waals surface area contributed by atoms with Gasteiger partial charge in [-0.3, -0.25) is 9.59 Å². The predicted octanol–water partition coefficient (Wildman–Crippen LogP) is 7.70. The maximum absolute atomic E-state index is 12.6. The van der Waals surface area contributed by atoms with E-state index in [0.717, 1.165) is 82.8 Å². The topological polar surface area (TPSA) is 76.1 Å². The lowest BCUT2D eigenvalue weighted by atomic mass is 9.80. The van der Waals surface area contributed by atoms with E-state index in [-0.39, 0.29) is 30.4 Å². The Morgan fingerprint density at radius 2 is 1.02 bits per heavy atom. The SMILES string of the molecule is CCCCCC1CCC(C(=O)OCCCN(CCCCO)CCCOC(=O)C2CCC(CCCCC)CC2)CC1. The summed E-state index contributed by atoms with van der Waals surface area (Å²) in [5.74, 6) is 1.79. The van der Waals surface area contributed by atoms with Gasteiger partial charge in [0.05, 0.1) is 25.0 Å². The zero-order valence-electron chi connectivity index (χ0n) is 26.2. The van der Waals surface area contributed by atoms with Gasteiger partial charge in [0.2, 0.25) is 0 Å². The van der Waals surface area contributed by atoms with Crippen LogP contribution in [0.2, 0.25) is 0 Å². The van der Waals surface area contributed by atoms with Crippen LogP contribution in [0.25, 0.3) is 0 Å². The van der Waals surface area contributed by atoms with Gasteiger partial charge in [0.15, 0.2) is 0 Å². The Hall–Kier alpha value is -1.14. The van der Waals surface area contributed by atoms with Gasteiger partial charge in [-0.1, -0.05) is 65.2 Å². The smallest absolute Gasteiger partial charge is 0.308 e. The second-order valence-electron chi connectivity index (χ2n) is 12.7. The van der Waals surface area contributed by atoms with E-state index in [0.29, 0.717) is 13.2 Å². The molecule has 0 bridgehead atoms. The molecule has 0 aromatic carbocycles. The van der Waals surface area contributed by atoms with Crippen LogP contribution in [0.3, 0.4) is 0 Å². The fourth-order valence-corrected chi connectivity index (χ4v) is 6.68. The zero-order chi connectivity index (χ0) is 28.8. The molecular weight excluding hydrogens is 502 g/mol. The van der Waals surface area contributed by atoms with Crippen molar-refractivity contribution in [2.75, 3.05) is 39.5 Å².